The van der Waals surface area contributed by atoms with Gasteiger partial charge in [0.25, 0.3) is 0 Å². The zero-order chi connectivity index (χ0) is 11.5. The molecule has 0 N–H and O–H groups in total. The average Bonchev–Trinajstić information content (AvgIpc) is 2.29. The van der Waals surface area contributed by atoms with Gasteiger partial charge < -0.3 is 9.64 Å². The molecule has 0 aliphatic carbocycles. The summed E-state index contributed by atoms with van der Waals surface area (Å²) in [5.74, 6) is 0.298. The summed E-state index contributed by atoms with van der Waals surface area (Å²) in [5.41, 5.74) is 0. The Labute approximate surface area is 110 Å². The van der Waals surface area contributed by atoms with Gasteiger partial charge in [-0.1, -0.05) is 6.42 Å². The fraction of sp³-hybridized carbons (Fsp3) is 0.909. The Morgan fingerprint density at radius 1 is 1.38 bits per heavy atom. The average molecular weight is 338 g/mol. The third-order valence-electron chi connectivity index (χ3n) is 3.39. The lowest BCUT2D eigenvalue weighted by Gasteiger charge is -2.37. The molecule has 0 bridgehead atoms. The Morgan fingerprint density at radius 2 is 2.19 bits per heavy atom. The van der Waals surface area contributed by atoms with Crippen LogP contribution in [0.4, 0.5) is 0 Å². The molecule has 2 fully saturated rings. The molecule has 0 radical (unpaired) electrons. The van der Waals surface area contributed by atoms with E-state index in [1.807, 2.05) is 4.90 Å². The minimum absolute atomic E-state index is 0.107. The van der Waals surface area contributed by atoms with Crippen LogP contribution in [-0.2, 0) is 9.53 Å². The van der Waals surface area contributed by atoms with Crippen molar-refractivity contribution in [3.05, 3.63) is 0 Å². The van der Waals surface area contributed by atoms with E-state index in [-0.39, 0.29) is 10.2 Å². The van der Waals surface area contributed by atoms with Crippen molar-refractivity contribution in [3.8, 4) is 0 Å². The molecule has 2 unspecified atom stereocenters. The quantitative estimate of drug-likeness (QED) is 0.530. The number of halogens is 1. The van der Waals surface area contributed by atoms with Crippen LogP contribution in [0, 0.1) is 0 Å². The second-order valence-electron chi connectivity index (χ2n) is 4.56. The number of alkyl halides is 1. The molecule has 0 aromatic carbocycles. The van der Waals surface area contributed by atoms with Crippen LogP contribution in [0.15, 0.2) is 0 Å². The summed E-state index contributed by atoms with van der Waals surface area (Å²) in [5, 5.41) is 0. The molecule has 0 aromatic rings. The molecule has 0 aromatic heterocycles. The van der Waals surface area contributed by atoms with Crippen LogP contribution < -0.4 is 0 Å². The van der Waals surface area contributed by atoms with Gasteiger partial charge >= 0.3 is 0 Å². The van der Waals surface area contributed by atoms with E-state index in [9.17, 15) is 4.79 Å². The molecule has 2 heterocycles. The molecule has 2 aliphatic heterocycles. The first-order valence-corrected chi connectivity index (χ1v) is 7.18. The first kappa shape index (κ1) is 12.6. The molecule has 92 valence electrons. The fourth-order valence-electron chi connectivity index (χ4n) is 2.41. The SMILES string of the molecule is CN1CCCCC1C(=O)N1CCOC(I)C1. The number of amides is 1. The van der Waals surface area contributed by atoms with Gasteiger partial charge in [0, 0.05) is 6.54 Å². The first-order chi connectivity index (χ1) is 7.68. The van der Waals surface area contributed by atoms with E-state index in [1.54, 1.807) is 0 Å². The van der Waals surface area contributed by atoms with Gasteiger partial charge in [0.05, 0.1) is 19.2 Å². The van der Waals surface area contributed by atoms with Gasteiger partial charge in [0.1, 0.15) is 4.11 Å². The number of carbonyl (C=O) groups is 1. The molecule has 16 heavy (non-hydrogen) atoms. The maximum atomic E-state index is 12.3. The van der Waals surface area contributed by atoms with E-state index in [1.165, 1.54) is 12.8 Å². The van der Waals surface area contributed by atoms with Gasteiger partial charge in [-0.2, -0.15) is 0 Å². The predicted octanol–water partition coefficient (Wildman–Crippen LogP) is 1.09. The number of likely N-dealkylation sites (N-methyl/N-ethyl adjacent to an activating group) is 1. The number of piperidine rings is 1. The van der Waals surface area contributed by atoms with Crippen molar-refractivity contribution in [1.29, 1.82) is 0 Å². The Hall–Kier alpha value is 0.120. The summed E-state index contributed by atoms with van der Waals surface area (Å²) in [7, 11) is 2.06. The van der Waals surface area contributed by atoms with E-state index in [4.69, 9.17) is 4.74 Å². The van der Waals surface area contributed by atoms with Gasteiger partial charge in [-0.3, -0.25) is 9.69 Å². The van der Waals surface area contributed by atoms with Crippen molar-refractivity contribution in [2.24, 2.45) is 0 Å². The molecule has 0 saturated carbocycles. The lowest BCUT2D eigenvalue weighted by atomic mass is 10.0. The summed E-state index contributed by atoms with van der Waals surface area (Å²) in [6.07, 6.45) is 3.41. The van der Waals surface area contributed by atoms with Gasteiger partial charge in [0.2, 0.25) is 5.91 Å². The Balaban J connectivity index is 1.94. The summed E-state index contributed by atoms with van der Waals surface area (Å²) >= 11 is 2.25. The maximum Gasteiger partial charge on any atom is 0.240 e. The van der Waals surface area contributed by atoms with E-state index >= 15 is 0 Å². The predicted molar refractivity (Wildman–Crippen MR) is 70.6 cm³/mol. The highest BCUT2D eigenvalue weighted by Gasteiger charge is 2.31. The minimum atomic E-state index is 0.107. The highest BCUT2D eigenvalue weighted by Crippen LogP contribution is 2.19. The lowest BCUT2D eigenvalue weighted by molar-refractivity contribution is -0.142. The molecule has 5 heteroatoms. The van der Waals surface area contributed by atoms with Crippen molar-refractivity contribution >= 4 is 28.5 Å². The largest absolute Gasteiger partial charge is 0.364 e. The van der Waals surface area contributed by atoms with E-state index < -0.39 is 0 Å². The van der Waals surface area contributed by atoms with Crippen molar-refractivity contribution in [1.82, 2.24) is 9.80 Å². The normalized spacial score (nSPS) is 32.8. The van der Waals surface area contributed by atoms with E-state index in [0.717, 1.165) is 26.1 Å². The number of morpholine rings is 1. The number of hydrogen-bond acceptors (Lipinski definition) is 3. The second-order valence-corrected chi connectivity index (χ2v) is 5.95. The Morgan fingerprint density at radius 3 is 2.88 bits per heavy atom. The topological polar surface area (TPSA) is 32.8 Å². The highest BCUT2D eigenvalue weighted by atomic mass is 127. The van der Waals surface area contributed by atoms with Gasteiger partial charge in [-0.05, 0) is 49.0 Å². The number of rotatable bonds is 1. The molecular weight excluding hydrogens is 319 g/mol. The van der Waals surface area contributed by atoms with Crippen molar-refractivity contribution in [2.45, 2.75) is 29.4 Å². The van der Waals surface area contributed by atoms with Gasteiger partial charge in [-0.25, -0.2) is 0 Å². The standard InChI is InChI=1S/C11H19IN2O2/c1-13-5-3-2-4-9(13)11(15)14-6-7-16-10(12)8-14/h9-10H,2-8H2,1H3. The molecular formula is C11H19IN2O2. The van der Waals surface area contributed by atoms with Crippen LogP contribution >= 0.6 is 22.6 Å². The summed E-state index contributed by atoms with van der Waals surface area (Å²) in [6.45, 7) is 3.22. The smallest absolute Gasteiger partial charge is 0.240 e. The molecule has 2 saturated heterocycles. The summed E-state index contributed by atoms with van der Waals surface area (Å²) < 4.78 is 5.61. The third kappa shape index (κ3) is 2.87. The van der Waals surface area contributed by atoms with Crippen LogP contribution in [0.1, 0.15) is 19.3 Å². The molecule has 4 nitrogen and oxygen atoms in total. The zero-order valence-corrected chi connectivity index (χ0v) is 11.9. The van der Waals surface area contributed by atoms with Crippen LogP contribution in [0.2, 0.25) is 0 Å². The van der Waals surface area contributed by atoms with E-state index in [0.29, 0.717) is 12.5 Å². The number of hydrogen-bond donors (Lipinski definition) is 0. The molecule has 2 rings (SSSR count). The van der Waals surface area contributed by atoms with Crippen LogP contribution in [0.5, 0.6) is 0 Å². The molecule has 2 atom stereocenters. The number of likely N-dealkylation sites (tertiary alicyclic amines) is 1. The fourth-order valence-corrected chi connectivity index (χ4v) is 3.14. The Kier molecular flexibility index (Phi) is 4.43. The van der Waals surface area contributed by atoms with Crippen molar-refractivity contribution in [2.75, 3.05) is 33.3 Å². The number of carbonyl (C=O) groups excluding carboxylic acids is 1. The van der Waals surface area contributed by atoms with Crippen LogP contribution in [0.3, 0.4) is 0 Å². The highest BCUT2D eigenvalue weighted by molar-refractivity contribution is 14.1. The van der Waals surface area contributed by atoms with E-state index in [2.05, 4.69) is 34.5 Å². The van der Waals surface area contributed by atoms with Crippen LogP contribution in [0.25, 0.3) is 0 Å². The minimum Gasteiger partial charge on any atom is -0.364 e. The first-order valence-electron chi connectivity index (χ1n) is 5.93. The molecule has 0 spiro atoms. The Bertz CT molecular complexity index is 262. The van der Waals surface area contributed by atoms with Crippen molar-refractivity contribution < 1.29 is 9.53 Å². The summed E-state index contributed by atoms with van der Waals surface area (Å²) in [6, 6.07) is 0.107. The van der Waals surface area contributed by atoms with Gasteiger partial charge in [0.15, 0.2) is 0 Å². The second kappa shape index (κ2) is 5.64. The third-order valence-corrected chi connectivity index (χ3v) is 4.14. The molecule has 2 aliphatic rings. The van der Waals surface area contributed by atoms with Crippen molar-refractivity contribution in [3.63, 3.8) is 0 Å². The lowest BCUT2D eigenvalue weighted by Crippen LogP contribution is -2.53. The maximum absolute atomic E-state index is 12.3. The zero-order valence-electron chi connectivity index (χ0n) is 9.69. The summed E-state index contributed by atoms with van der Waals surface area (Å²) in [4.78, 5) is 16.5. The van der Waals surface area contributed by atoms with Crippen LogP contribution in [-0.4, -0.2) is 59.1 Å². The number of ether oxygens (including phenoxy) is 1. The monoisotopic (exact) mass is 338 g/mol. The molecule has 1 amide bonds. The number of nitrogens with zero attached hydrogens (tertiary/aromatic N) is 2. The van der Waals surface area contributed by atoms with Gasteiger partial charge in [-0.15, -0.1) is 0 Å².